The fourth-order valence-corrected chi connectivity index (χ4v) is 1.76. The average molecular weight is 296 g/mol. The van der Waals surface area contributed by atoms with Crippen LogP contribution in [0.1, 0.15) is 22.8 Å². The Morgan fingerprint density at radius 1 is 1.57 bits per heavy atom. The van der Waals surface area contributed by atoms with Gasteiger partial charge in [-0.2, -0.15) is 0 Å². The molecule has 1 rings (SSSR count). The Hall–Kier alpha value is -0.0500. The number of carbonyl (C=O) groups is 1. The summed E-state index contributed by atoms with van der Waals surface area (Å²) < 4.78 is 0. The molecule has 1 unspecified atom stereocenters. The lowest BCUT2D eigenvalue weighted by Gasteiger charge is -2.08. The zero-order valence-corrected chi connectivity index (χ0v) is 10.7. The maximum atomic E-state index is 11.7. The van der Waals surface area contributed by atoms with Gasteiger partial charge in [-0.3, -0.25) is 4.79 Å². The van der Waals surface area contributed by atoms with Crippen LogP contribution in [0, 0.1) is 0 Å². The number of rotatable bonds is 3. The summed E-state index contributed by atoms with van der Waals surface area (Å²) in [4.78, 5) is 11.5. The topological polar surface area (TPSA) is 17.1 Å². The second kappa shape index (κ2) is 5.15. The third-order valence-electron chi connectivity index (χ3n) is 1.84. The second-order valence-corrected chi connectivity index (χ2v) is 4.99. The Morgan fingerprint density at radius 2 is 2.21 bits per heavy atom. The largest absolute Gasteiger partial charge is 0.293 e. The molecule has 76 valence electrons. The molecular formula is C10H9BrCl2O. The third kappa shape index (κ3) is 2.72. The summed E-state index contributed by atoms with van der Waals surface area (Å²) in [6, 6.07) is 5.16. The molecule has 14 heavy (non-hydrogen) atoms. The van der Waals surface area contributed by atoms with Gasteiger partial charge in [0.25, 0.3) is 0 Å². The molecule has 0 aliphatic heterocycles. The third-order valence-corrected chi connectivity index (χ3v) is 2.78. The molecule has 0 heterocycles. The SMILES string of the molecule is CC(Br)C(=O)c1cc(Cl)ccc1CCl. The van der Waals surface area contributed by atoms with E-state index in [4.69, 9.17) is 23.2 Å². The molecule has 0 aliphatic carbocycles. The molecule has 0 N–H and O–H groups in total. The van der Waals surface area contributed by atoms with E-state index >= 15 is 0 Å². The van der Waals surface area contributed by atoms with Crippen molar-refractivity contribution in [2.24, 2.45) is 0 Å². The fourth-order valence-electron chi connectivity index (χ4n) is 1.11. The van der Waals surface area contributed by atoms with Gasteiger partial charge in [0.1, 0.15) is 0 Å². The fraction of sp³-hybridized carbons (Fsp3) is 0.300. The van der Waals surface area contributed by atoms with Gasteiger partial charge >= 0.3 is 0 Å². The van der Waals surface area contributed by atoms with Gasteiger partial charge < -0.3 is 0 Å². The number of halogens is 3. The number of Topliss-reactive ketones (excluding diaryl/α,β-unsaturated/α-hetero) is 1. The number of carbonyl (C=O) groups excluding carboxylic acids is 1. The van der Waals surface area contributed by atoms with E-state index in [1.165, 1.54) is 0 Å². The molecule has 0 spiro atoms. The van der Waals surface area contributed by atoms with E-state index < -0.39 is 0 Å². The van der Waals surface area contributed by atoms with Crippen molar-refractivity contribution in [1.82, 2.24) is 0 Å². The van der Waals surface area contributed by atoms with Crippen LogP contribution in [-0.4, -0.2) is 10.6 Å². The van der Waals surface area contributed by atoms with E-state index in [1.54, 1.807) is 25.1 Å². The summed E-state index contributed by atoms with van der Waals surface area (Å²) in [7, 11) is 0. The predicted octanol–water partition coefficient (Wildman–Crippen LogP) is 4.04. The molecule has 1 atom stereocenters. The number of ketones is 1. The summed E-state index contributed by atoms with van der Waals surface area (Å²) in [5, 5.41) is 0.551. The lowest BCUT2D eigenvalue weighted by Crippen LogP contribution is -2.12. The molecule has 0 bridgehead atoms. The zero-order chi connectivity index (χ0) is 10.7. The average Bonchev–Trinajstić information content (AvgIpc) is 2.16. The first-order valence-corrected chi connectivity index (χ1v) is 5.91. The Labute approximate surface area is 102 Å². The molecule has 4 heteroatoms. The lowest BCUT2D eigenvalue weighted by atomic mass is 10.0. The minimum absolute atomic E-state index is 0.00292. The van der Waals surface area contributed by atoms with E-state index in [9.17, 15) is 4.79 Å². The quantitative estimate of drug-likeness (QED) is 0.607. The van der Waals surface area contributed by atoms with Crippen LogP contribution in [0.2, 0.25) is 5.02 Å². The summed E-state index contributed by atoms with van der Waals surface area (Å²) >= 11 is 14.8. The van der Waals surface area contributed by atoms with Crippen molar-refractivity contribution in [1.29, 1.82) is 0 Å². The molecule has 1 nitrogen and oxygen atoms in total. The summed E-state index contributed by atoms with van der Waals surface area (Å²) in [6.45, 7) is 1.78. The highest BCUT2D eigenvalue weighted by Crippen LogP contribution is 2.21. The highest BCUT2D eigenvalue weighted by molar-refractivity contribution is 9.10. The van der Waals surface area contributed by atoms with Crippen LogP contribution in [0.25, 0.3) is 0 Å². The summed E-state index contributed by atoms with van der Waals surface area (Å²) in [6.07, 6.45) is 0. The van der Waals surface area contributed by atoms with E-state index in [1.807, 2.05) is 0 Å². The zero-order valence-electron chi connectivity index (χ0n) is 7.56. The molecular weight excluding hydrogens is 287 g/mol. The molecule has 1 aromatic rings. The summed E-state index contributed by atoms with van der Waals surface area (Å²) in [5.41, 5.74) is 1.41. The van der Waals surface area contributed by atoms with Crippen LogP contribution in [-0.2, 0) is 5.88 Å². The highest BCUT2D eigenvalue weighted by atomic mass is 79.9. The number of benzene rings is 1. The highest BCUT2D eigenvalue weighted by Gasteiger charge is 2.15. The van der Waals surface area contributed by atoms with E-state index in [0.29, 0.717) is 16.5 Å². The maximum absolute atomic E-state index is 11.7. The molecule has 0 saturated carbocycles. The van der Waals surface area contributed by atoms with Gasteiger partial charge in [0, 0.05) is 16.5 Å². The van der Waals surface area contributed by atoms with E-state index in [2.05, 4.69) is 15.9 Å². The van der Waals surface area contributed by atoms with Gasteiger partial charge in [-0.05, 0) is 24.6 Å². The van der Waals surface area contributed by atoms with Crippen molar-refractivity contribution < 1.29 is 4.79 Å². The van der Waals surface area contributed by atoms with Gasteiger partial charge in [-0.25, -0.2) is 0 Å². The van der Waals surface area contributed by atoms with Gasteiger partial charge in [0.15, 0.2) is 5.78 Å². The summed E-state index contributed by atoms with van der Waals surface area (Å²) in [5.74, 6) is 0.320. The maximum Gasteiger partial charge on any atom is 0.176 e. The van der Waals surface area contributed by atoms with Crippen LogP contribution < -0.4 is 0 Å². The van der Waals surface area contributed by atoms with Crippen molar-refractivity contribution in [2.45, 2.75) is 17.6 Å². The Bertz CT molecular complexity index is 350. The van der Waals surface area contributed by atoms with Crippen molar-refractivity contribution in [3.63, 3.8) is 0 Å². The first-order valence-electron chi connectivity index (χ1n) is 4.09. The minimum atomic E-state index is -0.220. The standard InChI is InChI=1S/C10H9BrCl2O/c1-6(11)10(14)9-4-8(13)3-2-7(9)5-12/h2-4,6H,5H2,1H3. The normalized spacial score (nSPS) is 12.6. The number of alkyl halides is 2. The molecule has 0 saturated heterocycles. The van der Waals surface area contributed by atoms with Crippen LogP contribution >= 0.6 is 39.1 Å². The van der Waals surface area contributed by atoms with Crippen LogP contribution in [0.15, 0.2) is 18.2 Å². The van der Waals surface area contributed by atoms with Crippen LogP contribution in [0.5, 0.6) is 0 Å². The van der Waals surface area contributed by atoms with Gasteiger partial charge in [-0.15, -0.1) is 11.6 Å². The molecule has 0 aliphatic rings. The molecule has 1 aromatic carbocycles. The monoisotopic (exact) mass is 294 g/mol. The van der Waals surface area contributed by atoms with Gasteiger partial charge in [-0.1, -0.05) is 33.6 Å². The van der Waals surface area contributed by atoms with Crippen LogP contribution in [0.3, 0.4) is 0 Å². The van der Waals surface area contributed by atoms with Crippen molar-refractivity contribution >= 4 is 44.9 Å². The number of hydrogen-bond donors (Lipinski definition) is 0. The second-order valence-electron chi connectivity index (χ2n) is 2.92. The van der Waals surface area contributed by atoms with Crippen molar-refractivity contribution in [3.05, 3.63) is 34.3 Å². The minimum Gasteiger partial charge on any atom is -0.293 e. The number of hydrogen-bond acceptors (Lipinski definition) is 1. The molecule has 0 aromatic heterocycles. The predicted molar refractivity (Wildman–Crippen MR) is 63.7 cm³/mol. The molecule has 0 radical (unpaired) electrons. The first kappa shape index (κ1) is 12.0. The Kier molecular flexibility index (Phi) is 4.42. The lowest BCUT2D eigenvalue weighted by molar-refractivity contribution is 0.0995. The Morgan fingerprint density at radius 3 is 2.71 bits per heavy atom. The first-order chi connectivity index (χ1) is 6.56. The Balaban J connectivity index is 3.17. The molecule has 0 amide bonds. The van der Waals surface area contributed by atoms with E-state index in [-0.39, 0.29) is 10.6 Å². The van der Waals surface area contributed by atoms with Crippen molar-refractivity contribution in [3.8, 4) is 0 Å². The van der Waals surface area contributed by atoms with Crippen molar-refractivity contribution in [2.75, 3.05) is 0 Å². The van der Waals surface area contributed by atoms with E-state index in [0.717, 1.165) is 5.56 Å². The molecule has 0 fully saturated rings. The van der Waals surface area contributed by atoms with Gasteiger partial charge in [0.2, 0.25) is 0 Å². The van der Waals surface area contributed by atoms with Crippen LogP contribution in [0.4, 0.5) is 0 Å². The van der Waals surface area contributed by atoms with Gasteiger partial charge in [0.05, 0.1) is 4.83 Å². The smallest absolute Gasteiger partial charge is 0.176 e.